The van der Waals surface area contributed by atoms with Crippen molar-refractivity contribution in [3.05, 3.63) is 60.3 Å². The molecular weight excluding hydrogens is 632 g/mol. The summed E-state index contributed by atoms with van der Waals surface area (Å²) in [5.74, 6) is -0.00558. The maximum Gasteiger partial charge on any atom is 0.339 e. The maximum atomic E-state index is 13.7. The van der Waals surface area contributed by atoms with E-state index in [2.05, 4.69) is 38.0 Å². The number of rotatable bonds is 6. The van der Waals surface area contributed by atoms with Crippen molar-refractivity contribution >= 4 is 17.7 Å². The number of cyclic esters (lactones) is 2. The molecule has 1 aromatic carbocycles. The molecule has 0 radical (unpaired) electrons. The molecule has 13 heteroatoms. The predicted octanol–water partition coefficient (Wildman–Crippen LogP) is 4.73. The maximum absolute atomic E-state index is 13.7. The van der Waals surface area contributed by atoms with E-state index in [9.17, 15) is 9.59 Å². The number of hydrogen-bond acceptors (Lipinski definition) is 12. The highest BCUT2D eigenvalue weighted by Crippen LogP contribution is 2.80. The number of esters is 2. The highest BCUT2D eigenvalue weighted by molar-refractivity contribution is 5.96. The molecule has 9 atom stereocenters. The van der Waals surface area contributed by atoms with Gasteiger partial charge in [-0.25, -0.2) is 9.48 Å². The molecule has 49 heavy (non-hydrogen) atoms. The van der Waals surface area contributed by atoms with E-state index in [4.69, 9.17) is 38.1 Å². The number of ether oxygens (including phenoxy) is 5. The second-order valence-electron chi connectivity index (χ2n) is 15.4. The molecule has 0 bridgehead atoms. The van der Waals surface area contributed by atoms with Crippen LogP contribution in [0.4, 0.5) is 0 Å². The lowest BCUT2D eigenvalue weighted by Gasteiger charge is -2.65. The number of carbonyl (C=O) groups excluding carboxylic acids is 2. The van der Waals surface area contributed by atoms with Gasteiger partial charge in [-0.15, -0.1) is 5.10 Å². The van der Waals surface area contributed by atoms with Crippen LogP contribution in [0, 0.1) is 28.1 Å². The van der Waals surface area contributed by atoms with Crippen LogP contribution in [-0.4, -0.2) is 69.8 Å². The standard InChI is InChI=1S/C36H40N4O9/c1-32(2)25-14-26(38-46-18-21-16-40(39-37-21)22-6-8-23(43-5)9-7-22)34(4)24(35(25)19-45-28(41)15-27(35)48-32)10-12-33(3)29(20-11-13-44-17-20)47-31(42)30-36(33,34)49-30/h6-9,11,13,16-17,24-25,27,29-30H,10,12,14-15,18-19H2,1-5H3/b38-26+/t24-,25-,27-,29-,30+,33-,34-,35+,36+/m0/s1. The zero-order valence-electron chi connectivity index (χ0n) is 28.2. The summed E-state index contributed by atoms with van der Waals surface area (Å²) >= 11 is 0. The zero-order valence-corrected chi connectivity index (χ0v) is 28.2. The van der Waals surface area contributed by atoms with Gasteiger partial charge in [0.1, 0.15) is 29.8 Å². The minimum atomic E-state index is -0.946. The topological polar surface area (TPSA) is 149 Å². The smallest absolute Gasteiger partial charge is 0.339 e. The molecule has 6 aliphatic rings. The SMILES string of the molecule is COc1ccc(-n2cc(CO/N=C3\C[C@H]4C(C)(C)O[C@H]5CC(=O)OC[C@]54[C@H]4CC[C@@]5(C)[C@H](c6ccoc6)OC(=O)[C@H]6O[C@]65[C@]34C)nn2)cc1. The summed E-state index contributed by atoms with van der Waals surface area (Å²) in [4.78, 5) is 32.6. The second-order valence-corrected chi connectivity index (χ2v) is 15.4. The van der Waals surface area contributed by atoms with Gasteiger partial charge >= 0.3 is 11.9 Å². The van der Waals surface area contributed by atoms with Gasteiger partial charge in [0.05, 0.1) is 55.4 Å². The average Bonchev–Trinajstić information content (AvgIpc) is 3.34. The molecule has 3 aromatic rings. The summed E-state index contributed by atoms with van der Waals surface area (Å²) in [6.07, 6.45) is 5.56. The summed E-state index contributed by atoms with van der Waals surface area (Å²) < 4.78 is 37.9. The van der Waals surface area contributed by atoms with Crippen molar-refractivity contribution in [3.8, 4) is 11.4 Å². The van der Waals surface area contributed by atoms with E-state index in [0.717, 1.165) is 29.1 Å². The molecule has 4 saturated heterocycles. The summed E-state index contributed by atoms with van der Waals surface area (Å²) in [5, 5.41) is 13.5. The molecule has 2 aliphatic carbocycles. The fourth-order valence-corrected chi connectivity index (χ4v) is 10.9. The highest BCUT2D eigenvalue weighted by Gasteiger charge is 2.89. The normalized spacial score (nSPS) is 40.6. The van der Waals surface area contributed by atoms with E-state index >= 15 is 0 Å². The quantitative estimate of drug-likeness (QED) is 0.203. The van der Waals surface area contributed by atoms with E-state index in [0.29, 0.717) is 18.5 Å². The van der Waals surface area contributed by atoms with Crippen molar-refractivity contribution in [1.82, 2.24) is 15.0 Å². The Bertz CT molecular complexity index is 1860. The largest absolute Gasteiger partial charge is 0.497 e. The molecule has 2 spiro atoms. The number of furan rings is 1. The van der Waals surface area contributed by atoms with Crippen LogP contribution < -0.4 is 4.74 Å². The molecule has 0 N–H and O–H groups in total. The van der Waals surface area contributed by atoms with Gasteiger partial charge in [-0.05, 0) is 69.4 Å². The van der Waals surface area contributed by atoms with E-state index in [1.807, 2.05) is 30.3 Å². The molecule has 6 heterocycles. The minimum absolute atomic E-state index is 0.0207. The first-order chi connectivity index (χ1) is 23.5. The Hall–Kier alpha value is -4.23. The van der Waals surface area contributed by atoms with Gasteiger partial charge in [-0.3, -0.25) is 4.79 Å². The van der Waals surface area contributed by atoms with Crippen LogP contribution >= 0.6 is 0 Å². The first-order valence-electron chi connectivity index (χ1n) is 17.0. The zero-order chi connectivity index (χ0) is 34.0. The van der Waals surface area contributed by atoms with Gasteiger partial charge in [0.25, 0.3) is 0 Å². The van der Waals surface area contributed by atoms with Gasteiger partial charge in [0.2, 0.25) is 0 Å². The van der Waals surface area contributed by atoms with Crippen molar-refractivity contribution in [2.75, 3.05) is 13.7 Å². The van der Waals surface area contributed by atoms with E-state index in [1.54, 1.807) is 30.5 Å². The van der Waals surface area contributed by atoms with Crippen LogP contribution in [0.3, 0.4) is 0 Å². The molecule has 6 fully saturated rings. The molecule has 9 rings (SSSR count). The molecule has 2 aromatic heterocycles. The molecule has 4 aliphatic heterocycles. The van der Waals surface area contributed by atoms with Crippen molar-refractivity contribution < 1.29 is 42.5 Å². The van der Waals surface area contributed by atoms with Crippen LogP contribution in [0.2, 0.25) is 0 Å². The number of methoxy groups -OCH3 is 1. The Morgan fingerprint density at radius 2 is 1.84 bits per heavy atom. The van der Waals surface area contributed by atoms with Crippen molar-refractivity contribution in [2.45, 2.75) is 89.5 Å². The Kier molecular flexibility index (Phi) is 6.39. The number of benzene rings is 1. The Labute approximate surface area is 283 Å². The van der Waals surface area contributed by atoms with Crippen LogP contribution in [0.25, 0.3) is 5.69 Å². The van der Waals surface area contributed by atoms with Crippen LogP contribution in [0.5, 0.6) is 5.75 Å². The number of oxime groups is 1. The molecular formula is C36H40N4O9. The number of epoxide rings is 1. The Balaban J connectivity index is 1.12. The fourth-order valence-electron chi connectivity index (χ4n) is 10.9. The Morgan fingerprint density at radius 3 is 2.59 bits per heavy atom. The predicted molar refractivity (Wildman–Crippen MR) is 169 cm³/mol. The number of hydrogen-bond donors (Lipinski definition) is 0. The van der Waals surface area contributed by atoms with Crippen molar-refractivity contribution in [3.63, 3.8) is 0 Å². The number of fused-ring (bicyclic) bond motifs is 1. The fraction of sp³-hybridized carbons (Fsp3) is 0.583. The lowest BCUT2D eigenvalue weighted by atomic mass is 9.37. The lowest BCUT2D eigenvalue weighted by Crippen LogP contribution is -2.72. The first kappa shape index (κ1) is 30.8. The molecule has 0 unspecified atom stereocenters. The average molecular weight is 673 g/mol. The third-order valence-electron chi connectivity index (χ3n) is 13.0. The van der Waals surface area contributed by atoms with Gasteiger partial charge < -0.3 is 32.9 Å². The molecule has 13 nitrogen and oxygen atoms in total. The number of aromatic nitrogens is 3. The number of carbonyl (C=O) groups is 2. The first-order valence-corrected chi connectivity index (χ1v) is 17.0. The summed E-state index contributed by atoms with van der Waals surface area (Å²) in [5.41, 5.74) is -0.373. The monoisotopic (exact) mass is 672 g/mol. The van der Waals surface area contributed by atoms with E-state index < -0.39 is 45.6 Å². The van der Waals surface area contributed by atoms with Gasteiger partial charge in [0, 0.05) is 27.7 Å². The van der Waals surface area contributed by atoms with Crippen LogP contribution in [0.1, 0.15) is 70.7 Å². The van der Waals surface area contributed by atoms with Gasteiger partial charge in [0.15, 0.2) is 12.7 Å². The number of nitrogens with zero attached hydrogens (tertiary/aromatic N) is 4. The van der Waals surface area contributed by atoms with Crippen molar-refractivity contribution in [1.29, 1.82) is 0 Å². The third-order valence-corrected chi connectivity index (χ3v) is 13.0. The second kappa shape index (κ2) is 10.2. The van der Waals surface area contributed by atoms with Crippen LogP contribution in [-0.2, 0) is 40.0 Å². The van der Waals surface area contributed by atoms with E-state index in [1.165, 1.54) is 0 Å². The summed E-state index contributed by atoms with van der Waals surface area (Å²) in [6.45, 7) is 8.85. The minimum Gasteiger partial charge on any atom is -0.497 e. The third kappa shape index (κ3) is 3.91. The molecule has 258 valence electrons. The highest BCUT2D eigenvalue weighted by atomic mass is 16.7. The Morgan fingerprint density at radius 1 is 1.02 bits per heavy atom. The van der Waals surface area contributed by atoms with Crippen molar-refractivity contribution in [2.24, 2.45) is 33.2 Å². The van der Waals surface area contributed by atoms with Crippen LogP contribution in [0.15, 0.2) is 58.6 Å². The summed E-state index contributed by atoms with van der Waals surface area (Å²) in [7, 11) is 1.62. The van der Waals surface area contributed by atoms with E-state index in [-0.39, 0.29) is 43.5 Å². The lowest BCUT2D eigenvalue weighted by molar-refractivity contribution is -0.209. The van der Waals surface area contributed by atoms with Gasteiger partial charge in [-0.2, -0.15) is 0 Å². The molecule has 0 amide bonds. The molecule has 2 saturated carbocycles. The summed E-state index contributed by atoms with van der Waals surface area (Å²) in [6, 6.07) is 9.37. The van der Waals surface area contributed by atoms with Gasteiger partial charge in [-0.1, -0.05) is 24.2 Å².